The summed E-state index contributed by atoms with van der Waals surface area (Å²) in [5.41, 5.74) is 1.42. The van der Waals surface area contributed by atoms with Crippen LogP contribution in [0, 0.1) is 6.92 Å². The first-order valence-corrected chi connectivity index (χ1v) is 7.94. The summed E-state index contributed by atoms with van der Waals surface area (Å²) >= 11 is 3.93. The molecule has 1 aliphatic heterocycles. The third kappa shape index (κ3) is 3.77. The van der Waals surface area contributed by atoms with Gasteiger partial charge in [-0.3, -0.25) is 0 Å². The number of hydrogen-bond donors (Lipinski definition) is 2. The molecular weight excluding hydrogens is 236 g/mol. The van der Waals surface area contributed by atoms with Crippen molar-refractivity contribution >= 4 is 23.1 Å². The number of thiophene rings is 1. The molecule has 0 spiro atoms. The van der Waals surface area contributed by atoms with Gasteiger partial charge in [0.25, 0.3) is 0 Å². The van der Waals surface area contributed by atoms with E-state index in [9.17, 15) is 0 Å². The first-order valence-electron chi connectivity index (χ1n) is 5.91. The second-order valence-electron chi connectivity index (χ2n) is 4.22. The molecular formula is C12H20N2S2. The number of nitrogens with one attached hydrogen (secondary N) is 2. The second-order valence-corrected chi connectivity index (χ2v) is 6.37. The van der Waals surface area contributed by atoms with Gasteiger partial charge in [0, 0.05) is 35.5 Å². The average molecular weight is 256 g/mol. The summed E-state index contributed by atoms with van der Waals surface area (Å²) in [5.74, 6) is 2.55. The van der Waals surface area contributed by atoms with Crippen molar-refractivity contribution in [2.45, 2.75) is 25.9 Å². The SMILES string of the molecule is Cc1ccsc1CNCCC1CSCCN1. The molecule has 0 saturated carbocycles. The van der Waals surface area contributed by atoms with Gasteiger partial charge in [0.05, 0.1) is 0 Å². The van der Waals surface area contributed by atoms with Gasteiger partial charge in [0.15, 0.2) is 0 Å². The first kappa shape index (κ1) is 12.4. The van der Waals surface area contributed by atoms with E-state index in [4.69, 9.17) is 0 Å². The maximum atomic E-state index is 3.57. The number of thioether (sulfide) groups is 1. The molecule has 0 radical (unpaired) electrons. The minimum absolute atomic E-state index is 0.718. The molecule has 1 aromatic rings. The van der Waals surface area contributed by atoms with Crippen molar-refractivity contribution in [1.82, 2.24) is 10.6 Å². The first-order chi connectivity index (χ1) is 7.86. The highest BCUT2D eigenvalue weighted by Gasteiger charge is 2.11. The number of aryl methyl sites for hydroxylation is 1. The summed E-state index contributed by atoms with van der Waals surface area (Å²) in [7, 11) is 0. The molecule has 90 valence electrons. The maximum Gasteiger partial charge on any atom is 0.0302 e. The molecule has 16 heavy (non-hydrogen) atoms. The van der Waals surface area contributed by atoms with Crippen LogP contribution in [0.25, 0.3) is 0 Å². The minimum atomic E-state index is 0.718. The fraction of sp³-hybridized carbons (Fsp3) is 0.667. The lowest BCUT2D eigenvalue weighted by atomic mass is 10.2. The van der Waals surface area contributed by atoms with Crippen molar-refractivity contribution in [2.24, 2.45) is 0 Å². The van der Waals surface area contributed by atoms with Gasteiger partial charge < -0.3 is 10.6 Å². The van der Waals surface area contributed by atoms with Crippen molar-refractivity contribution in [2.75, 3.05) is 24.6 Å². The van der Waals surface area contributed by atoms with Crippen molar-refractivity contribution in [3.8, 4) is 0 Å². The van der Waals surface area contributed by atoms with Crippen LogP contribution in [0.3, 0.4) is 0 Å². The van der Waals surface area contributed by atoms with E-state index in [0.29, 0.717) is 0 Å². The Labute approximate surface area is 106 Å². The predicted octanol–water partition coefficient (Wildman–Crippen LogP) is 2.24. The maximum absolute atomic E-state index is 3.57. The molecule has 1 saturated heterocycles. The molecule has 2 N–H and O–H groups in total. The number of rotatable bonds is 5. The van der Waals surface area contributed by atoms with Crippen LogP contribution in [0.15, 0.2) is 11.4 Å². The van der Waals surface area contributed by atoms with Crippen molar-refractivity contribution in [3.05, 3.63) is 21.9 Å². The summed E-state index contributed by atoms with van der Waals surface area (Å²) in [6, 6.07) is 2.91. The number of hydrogen-bond acceptors (Lipinski definition) is 4. The summed E-state index contributed by atoms with van der Waals surface area (Å²) in [6.07, 6.45) is 1.25. The van der Waals surface area contributed by atoms with Crippen LogP contribution in [0.5, 0.6) is 0 Å². The van der Waals surface area contributed by atoms with Crippen LogP contribution in [0.4, 0.5) is 0 Å². The molecule has 1 aliphatic rings. The standard InChI is InChI=1S/C12H20N2S2/c1-10-3-6-16-12(10)8-13-4-2-11-9-15-7-5-14-11/h3,6,11,13-14H,2,4-5,7-9H2,1H3. The lowest BCUT2D eigenvalue weighted by molar-refractivity contribution is 0.504. The van der Waals surface area contributed by atoms with Crippen LogP contribution in [0.2, 0.25) is 0 Å². The van der Waals surface area contributed by atoms with E-state index < -0.39 is 0 Å². The highest BCUT2D eigenvalue weighted by atomic mass is 32.2. The molecule has 2 rings (SSSR count). The summed E-state index contributed by atoms with van der Waals surface area (Å²) < 4.78 is 0. The van der Waals surface area contributed by atoms with E-state index in [-0.39, 0.29) is 0 Å². The van der Waals surface area contributed by atoms with Crippen molar-refractivity contribution in [1.29, 1.82) is 0 Å². The molecule has 0 aliphatic carbocycles. The van der Waals surface area contributed by atoms with Gasteiger partial charge in [0.1, 0.15) is 0 Å². The van der Waals surface area contributed by atoms with Crippen molar-refractivity contribution < 1.29 is 0 Å². The Bertz CT molecular complexity index is 306. The molecule has 0 amide bonds. The fourth-order valence-corrected chi connectivity index (χ4v) is 3.74. The normalized spacial score (nSPS) is 21.2. The van der Waals surface area contributed by atoms with E-state index in [0.717, 1.165) is 19.1 Å². The minimum Gasteiger partial charge on any atom is -0.312 e. The second kappa shape index (κ2) is 6.64. The van der Waals surface area contributed by atoms with Crippen LogP contribution < -0.4 is 10.6 Å². The highest BCUT2D eigenvalue weighted by molar-refractivity contribution is 7.99. The van der Waals surface area contributed by atoms with Gasteiger partial charge in [0.2, 0.25) is 0 Å². The van der Waals surface area contributed by atoms with Gasteiger partial charge >= 0.3 is 0 Å². The van der Waals surface area contributed by atoms with E-state index in [1.54, 1.807) is 0 Å². The topological polar surface area (TPSA) is 24.1 Å². The quantitative estimate of drug-likeness (QED) is 0.790. The lowest BCUT2D eigenvalue weighted by Gasteiger charge is -2.23. The Balaban J connectivity index is 1.59. The molecule has 0 aromatic carbocycles. The van der Waals surface area contributed by atoms with E-state index >= 15 is 0 Å². The Morgan fingerprint density at radius 2 is 2.50 bits per heavy atom. The van der Waals surface area contributed by atoms with E-state index in [1.807, 2.05) is 11.3 Å². The van der Waals surface area contributed by atoms with Crippen LogP contribution in [-0.2, 0) is 6.54 Å². The molecule has 1 aromatic heterocycles. The van der Waals surface area contributed by atoms with Crippen LogP contribution >= 0.6 is 23.1 Å². The zero-order chi connectivity index (χ0) is 11.2. The zero-order valence-corrected chi connectivity index (χ0v) is 11.4. The lowest BCUT2D eigenvalue weighted by Crippen LogP contribution is -2.39. The Morgan fingerprint density at radius 3 is 3.19 bits per heavy atom. The molecule has 0 bridgehead atoms. The molecule has 4 heteroatoms. The summed E-state index contributed by atoms with van der Waals surface area (Å²) in [5, 5.41) is 9.28. The Morgan fingerprint density at radius 1 is 1.56 bits per heavy atom. The average Bonchev–Trinajstić information content (AvgIpc) is 2.72. The molecule has 1 unspecified atom stereocenters. The van der Waals surface area contributed by atoms with Gasteiger partial charge in [-0.1, -0.05) is 0 Å². The predicted molar refractivity (Wildman–Crippen MR) is 74.5 cm³/mol. The Kier molecular flexibility index (Phi) is 5.16. The van der Waals surface area contributed by atoms with Crippen LogP contribution in [0.1, 0.15) is 16.9 Å². The Hall–Kier alpha value is -0.0300. The third-order valence-electron chi connectivity index (χ3n) is 2.92. The van der Waals surface area contributed by atoms with E-state index in [1.165, 1.54) is 34.9 Å². The molecule has 1 fully saturated rings. The van der Waals surface area contributed by atoms with Crippen LogP contribution in [-0.4, -0.2) is 30.6 Å². The van der Waals surface area contributed by atoms with Gasteiger partial charge in [-0.15, -0.1) is 11.3 Å². The smallest absolute Gasteiger partial charge is 0.0302 e. The fourth-order valence-electron chi connectivity index (χ4n) is 1.87. The highest BCUT2D eigenvalue weighted by Crippen LogP contribution is 2.15. The van der Waals surface area contributed by atoms with E-state index in [2.05, 4.69) is 40.8 Å². The summed E-state index contributed by atoms with van der Waals surface area (Å²) in [6.45, 7) is 5.52. The zero-order valence-electron chi connectivity index (χ0n) is 9.79. The van der Waals surface area contributed by atoms with Gasteiger partial charge in [-0.25, -0.2) is 0 Å². The van der Waals surface area contributed by atoms with Crippen molar-refractivity contribution in [3.63, 3.8) is 0 Å². The van der Waals surface area contributed by atoms with Gasteiger partial charge in [-0.05, 0) is 36.9 Å². The largest absolute Gasteiger partial charge is 0.312 e. The molecule has 2 nitrogen and oxygen atoms in total. The molecule has 2 heterocycles. The monoisotopic (exact) mass is 256 g/mol. The van der Waals surface area contributed by atoms with Gasteiger partial charge in [-0.2, -0.15) is 11.8 Å². The molecule has 1 atom stereocenters. The third-order valence-corrected chi connectivity index (χ3v) is 5.08. The summed E-state index contributed by atoms with van der Waals surface area (Å²) in [4.78, 5) is 1.48.